The second-order valence-corrected chi connectivity index (χ2v) is 9.08. The zero-order valence-electron chi connectivity index (χ0n) is 15.2. The van der Waals surface area contributed by atoms with Crippen LogP contribution in [0.5, 0.6) is 5.75 Å². The van der Waals surface area contributed by atoms with E-state index in [1.54, 1.807) is 0 Å². The summed E-state index contributed by atoms with van der Waals surface area (Å²) < 4.78 is 6.08. The predicted molar refractivity (Wildman–Crippen MR) is 112 cm³/mol. The topological polar surface area (TPSA) is 55.4 Å². The van der Waals surface area contributed by atoms with Crippen LogP contribution >= 0.6 is 23.5 Å². The van der Waals surface area contributed by atoms with Crippen molar-refractivity contribution in [1.29, 1.82) is 0 Å². The van der Waals surface area contributed by atoms with E-state index in [9.17, 15) is 9.59 Å². The first-order chi connectivity index (χ1) is 13.1. The van der Waals surface area contributed by atoms with Crippen LogP contribution in [0, 0.1) is 0 Å². The number of ketones is 1. The van der Waals surface area contributed by atoms with Crippen LogP contribution in [0.4, 0.5) is 0 Å². The van der Waals surface area contributed by atoms with Crippen molar-refractivity contribution in [2.75, 3.05) is 18.1 Å². The number of hydrogen-bond donors (Lipinski definition) is 1. The molecule has 0 aromatic heterocycles. The summed E-state index contributed by atoms with van der Waals surface area (Å²) in [6, 6.07) is 17.0. The Kier molecular flexibility index (Phi) is 7.24. The van der Waals surface area contributed by atoms with E-state index in [1.807, 2.05) is 66.0 Å². The minimum absolute atomic E-state index is 0.0666. The molecule has 27 heavy (non-hydrogen) atoms. The Morgan fingerprint density at radius 3 is 2.37 bits per heavy atom. The maximum atomic E-state index is 12.2. The highest BCUT2D eigenvalue weighted by atomic mass is 32.2. The number of thioether (sulfide) groups is 2. The van der Waals surface area contributed by atoms with Crippen LogP contribution in [0.25, 0.3) is 0 Å². The minimum atomic E-state index is -0.540. The largest absolute Gasteiger partial charge is 0.484 e. The van der Waals surface area contributed by atoms with Crippen LogP contribution in [-0.4, -0.2) is 35.8 Å². The summed E-state index contributed by atoms with van der Waals surface area (Å²) in [6.07, 6.45) is 0.479. The van der Waals surface area contributed by atoms with Crippen molar-refractivity contribution >= 4 is 35.2 Å². The van der Waals surface area contributed by atoms with Gasteiger partial charge in [-0.3, -0.25) is 9.59 Å². The number of hydrogen-bond acceptors (Lipinski definition) is 5. The Labute approximate surface area is 168 Å². The quantitative estimate of drug-likeness (QED) is 0.728. The first kappa shape index (κ1) is 19.8. The molecule has 0 radical (unpaired) electrons. The third-order valence-corrected chi connectivity index (χ3v) is 7.36. The van der Waals surface area contributed by atoms with Crippen molar-refractivity contribution in [3.05, 3.63) is 65.7 Å². The zero-order valence-corrected chi connectivity index (χ0v) is 16.9. The summed E-state index contributed by atoms with van der Waals surface area (Å²) in [5.41, 5.74) is 2.29. The molecule has 142 valence electrons. The SMILES string of the molecule is CC(=O)[C@H](Cc1ccccc1)NC(=O)COc1ccc(C2SCCS2)cc1. The molecule has 1 fully saturated rings. The van der Waals surface area contributed by atoms with E-state index in [2.05, 4.69) is 17.4 Å². The van der Waals surface area contributed by atoms with E-state index in [-0.39, 0.29) is 18.3 Å². The van der Waals surface area contributed by atoms with E-state index >= 15 is 0 Å². The maximum absolute atomic E-state index is 12.2. The van der Waals surface area contributed by atoms with Crippen molar-refractivity contribution in [2.24, 2.45) is 0 Å². The second-order valence-electron chi connectivity index (χ2n) is 6.35. The molecule has 4 nitrogen and oxygen atoms in total. The predicted octanol–water partition coefficient (Wildman–Crippen LogP) is 3.86. The first-order valence-electron chi connectivity index (χ1n) is 8.91. The average Bonchev–Trinajstić information content (AvgIpc) is 3.22. The van der Waals surface area contributed by atoms with Crippen LogP contribution in [-0.2, 0) is 16.0 Å². The number of amides is 1. The molecular formula is C21H23NO3S2. The normalized spacial score (nSPS) is 15.3. The van der Waals surface area contributed by atoms with Crippen LogP contribution in [0.3, 0.4) is 0 Å². The maximum Gasteiger partial charge on any atom is 0.258 e. The standard InChI is InChI=1S/C21H23NO3S2/c1-15(23)19(13-16-5-3-2-4-6-16)22-20(24)14-25-18-9-7-17(8-10-18)21-26-11-12-27-21/h2-10,19,21H,11-14H2,1H3,(H,22,24)/t19-/m0/s1. The van der Waals surface area contributed by atoms with Gasteiger partial charge in [-0.25, -0.2) is 0 Å². The number of carbonyl (C=O) groups excluding carboxylic acids is 2. The molecule has 1 aliphatic heterocycles. The van der Waals surface area contributed by atoms with Gasteiger partial charge in [-0.15, -0.1) is 23.5 Å². The molecule has 1 atom stereocenters. The highest BCUT2D eigenvalue weighted by Crippen LogP contribution is 2.45. The van der Waals surface area contributed by atoms with Crippen molar-refractivity contribution in [3.8, 4) is 5.75 Å². The lowest BCUT2D eigenvalue weighted by molar-refractivity contribution is -0.128. The van der Waals surface area contributed by atoms with E-state index in [0.29, 0.717) is 16.8 Å². The van der Waals surface area contributed by atoms with E-state index in [4.69, 9.17) is 4.74 Å². The Bertz CT molecular complexity index is 759. The molecule has 6 heteroatoms. The molecule has 2 aromatic carbocycles. The molecule has 0 bridgehead atoms. The lowest BCUT2D eigenvalue weighted by Crippen LogP contribution is -2.43. The molecule has 1 amide bonds. The second kappa shape index (κ2) is 9.85. The average molecular weight is 402 g/mol. The molecule has 1 aliphatic rings. The molecular weight excluding hydrogens is 378 g/mol. The molecule has 3 rings (SSSR count). The summed E-state index contributed by atoms with van der Waals surface area (Å²) in [5, 5.41) is 2.77. The van der Waals surface area contributed by atoms with Gasteiger partial charge < -0.3 is 10.1 Å². The van der Waals surface area contributed by atoms with Gasteiger partial charge in [-0.1, -0.05) is 42.5 Å². The fraction of sp³-hybridized carbons (Fsp3) is 0.333. The monoisotopic (exact) mass is 401 g/mol. The number of carbonyl (C=O) groups is 2. The van der Waals surface area contributed by atoms with Crippen molar-refractivity contribution in [2.45, 2.75) is 24.0 Å². The number of ether oxygens (including phenoxy) is 1. The van der Waals surface area contributed by atoms with Gasteiger partial charge in [0.05, 0.1) is 10.6 Å². The smallest absolute Gasteiger partial charge is 0.258 e. The van der Waals surface area contributed by atoms with E-state index in [1.165, 1.54) is 24.0 Å². The van der Waals surface area contributed by atoms with Gasteiger partial charge in [-0.05, 0) is 36.6 Å². The van der Waals surface area contributed by atoms with Crippen LogP contribution in [0.15, 0.2) is 54.6 Å². The number of rotatable bonds is 8. The molecule has 0 spiro atoms. The van der Waals surface area contributed by atoms with Gasteiger partial charge in [0.15, 0.2) is 12.4 Å². The van der Waals surface area contributed by atoms with Crippen molar-refractivity contribution in [3.63, 3.8) is 0 Å². The summed E-state index contributed by atoms with van der Waals surface area (Å²) in [4.78, 5) is 24.1. The van der Waals surface area contributed by atoms with Gasteiger partial charge in [0, 0.05) is 11.5 Å². The summed E-state index contributed by atoms with van der Waals surface area (Å²) in [7, 11) is 0. The minimum Gasteiger partial charge on any atom is -0.484 e. The number of nitrogens with one attached hydrogen (secondary N) is 1. The Morgan fingerprint density at radius 1 is 1.07 bits per heavy atom. The summed E-state index contributed by atoms with van der Waals surface area (Å²) >= 11 is 3.91. The van der Waals surface area contributed by atoms with Gasteiger partial charge in [-0.2, -0.15) is 0 Å². The van der Waals surface area contributed by atoms with Crippen LogP contribution in [0.2, 0.25) is 0 Å². The van der Waals surface area contributed by atoms with Crippen LogP contribution < -0.4 is 10.1 Å². The third kappa shape index (κ3) is 6.04. The Hall–Kier alpha value is -1.92. The van der Waals surface area contributed by atoms with Gasteiger partial charge in [0.25, 0.3) is 5.91 Å². The molecule has 0 aliphatic carbocycles. The molecule has 1 saturated heterocycles. The van der Waals surface area contributed by atoms with Crippen molar-refractivity contribution < 1.29 is 14.3 Å². The fourth-order valence-corrected chi connectivity index (χ4v) is 5.66. The molecule has 0 saturated carbocycles. The first-order valence-corrected chi connectivity index (χ1v) is 11.0. The molecule has 0 unspecified atom stereocenters. The van der Waals surface area contributed by atoms with Gasteiger partial charge in [0.2, 0.25) is 0 Å². The van der Waals surface area contributed by atoms with Gasteiger partial charge in [0.1, 0.15) is 5.75 Å². The molecule has 2 aromatic rings. The highest BCUT2D eigenvalue weighted by Gasteiger charge is 2.19. The van der Waals surface area contributed by atoms with Crippen LogP contribution in [0.1, 0.15) is 22.6 Å². The summed E-state index contributed by atoms with van der Waals surface area (Å²) in [5.74, 6) is 2.67. The van der Waals surface area contributed by atoms with E-state index < -0.39 is 6.04 Å². The lowest BCUT2D eigenvalue weighted by atomic mass is 10.0. The van der Waals surface area contributed by atoms with Gasteiger partial charge >= 0.3 is 0 Å². The fourth-order valence-electron chi connectivity index (χ4n) is 2.80. The number of benzene rings is 2. The highest BCUT2D eigenvalue weighted by molar-refractivity contribution is 8.19. The van der Waals surface area contributed by atoms with E-state index in [0.717, 1.165) is 5.56 Å². The third-order valence-electron chi connectivity index (χ3n) is 4.25. The Morgan fingerprint density at radius 2 is 1.74 bits per heavy atom. The lowest BCUT2D eigenvalue weighted by Gasteiger charge is -2.16. The zero-order chi connectivity index (χ0) is 19.1. The molecule has 1 heterocycles. The molecule has 1 N–H and O–H groups in total. The number of Topliss-reactive ketones (excluding diaryl/α,β-unsaturated/α-hetero) is 1. The summed E-state index contributed by atoms with van der Waals surface area (Å²) in [6.45, 7) is 1.39. The Balaban J connectivity index is 1.49. The van der Waals surface area contributed by atoms with Crippen molar-refractivity contribution in [1.82, 2.24) is 5.32 Å².